The zero-order valence-electron chi connectivity index (χ0n) is 21.4. The van der Waals surface area contributed by atoms with Crippen LogP contribution in [0.25, 0.3) is 0 Å². The van der Waals surface area contributed by atoms with E-state index >= 15 is 0 Å². The van der Waals surface area contributed by atoms with Gasteiger partial charge in [-0.1, -0.05) is 42.5 Å². The molecule has 202 valence electrons. The highest BCUT2D eigenvalue weighted by atomic mass is 32.2. The number of nitrogens with zero attached hydrogens (tertiary/aromatic N) is 1. The highest BCUT2D eigenvalue weighted by Gasteiger charge is 2.38. The SMILES string of the molecule is O=[N+]([O-])c1ccc(COc2ccc([C@H]3Nc4ccc(S(=O)(=O)Nc5ccccc5)cc4[C@H]4C=CC[C@H]43)cc2)cc1. The second-order valence-electron chi connectivity index (χ2n) is 9.98. The molecule has 0 saturated heterocycles. The van der Waals surface area contributed by atoms with Crippen molar-refractivity contribution in [2.75, 3.05) is 10.0 Å². The van der Waals surface area contributed by atoms with Crippen LogP contribution in [0.1, 0.15) is 35.1 Å². The number of benzene rings is 4. The summed E-state index contributed by atoms with van der Waals surface area (Å²) in [5.41, 5.74) is 4.45. The van der Waals surface area contributed by atoms with Crippen molar-refractivity contribution in [1.29, 1.82) is 0 Å². The molecular weight excluding hydrogens is 526 g/mol. The Morgan fingerprint density at radius 1 is 0.950 bits per heavy atom. The molecule has 0 aromatic heterocycles. The number of nitro benzene ring substituents is 1. The van der Waals surface area contributed by atoms with Crippen molar-refractivity contribution in [1.82, 2.24) is 0 Å². The summed E-state index contributed by atoms with van der Waals surface area (Å²) in [5, 5.41) is 14.5. The lowest BCUT2D eigenvalue weighted by Gasteiger charge is -2.37. The van der Waals surface area contributed by atoms with E-state index in [-0.39, 0.29) is 28.5 Å². The molecule has 1 aliphatic heterocycles. The van der Waals surface area contributed by atoms with E-state index in [0.29, 0.717) is 18.0 Å². The first-order valence-electron chi connectivity index (χ1n) is 13.0. The van der Waals surface area contributed by atoms with E-state index in [4.69, 9.17) is 4.74 Å². The zero-order valence-corrected chi connectivity index (χ0v) is 22.3. The minimum Gasteiger partial charge on any atom is -0.489 e. The normalized spacial score (nSPS) is 19.2. The van der Waals surface area contributed by atoms with E-state index in [1.165, 1.54) is 12.1 Å². The van der Waals surface area contributed by atoms with Gasteiger partial charge in [0, 0.05) is 29.4 Å². The first-order valence-corrected chi connectivity index (χ1v) is 14.5. The summed E-state index contributed by atoms with van der Waals surface area (Å²) < 4.78 is 34.8. The number of sulfonamides is 1. The van der Waals surface area contributed by atoms with E-state index in [0.717, 1.165) is 28.8 Å². The van der Waals surface area contributed by atoms with Crippen LogP contribution in [0.5, 0.6) is 5.75 Å². The number of hydrogen-bond acceptors (Lipinski definition) is 6. The van der Waals surface area contributed by atoms with Crippen LogP contribution in [0.2, 0.25) is 0 Å². The van der Waals surface area contributed by atoms with Crippen LogP contribution >= 0.6 is 0 Å². The van der Waals surface area contributed by atoms with Gasteiger partial charge in [0.15, 0.2) is 0 Å². The van der Waals surface area contributed by atoms with Crippen LogP contribution in [-0.4, -0.2) is 13.3 Å². The van der Waals surface area contributed by atoms with Gasteiger partial charge in [-0.15, -0.1) is 0 Å². The molecule has 0 saturated carbocycles. The Morgan fingerprint density at radius 2 is 1.70 bits per heavy atom. The molecule has 0 fully saturated rings. The lowest BCUT2D eigenvalue weighted by molar-refractivity contribution is -0.384. The number of ether oxygens (including phenoxy) is 1. The van der Waals surface area contributed by atoms with Crippen LogP contribution in [0, 0.1) is 16.0 Å². The molecule has 9 heteroatoms. The van der Waals surface area contributed by atoms with Gasteiger partial charge in [-0.25, -0.2) is 8.42 Å². The quantitative estimate of drug-likeness (QED) is 0.141. The highest BCUT2D eigenvalue weighted by Crippen LogP contribution is 2.50. The highest BCUT2D eigenvalue weighted by molar-refractivity contribution is 7.92. The molecule has 4 aromatic rings. The van der Waals surface area contributed by atoms with Crippen molar-refractivity contribution in [2.45, 2.75) is 29.9 Å². The third kappa shape index (κ3) is 5.15. The number of fused-ring (bicyclic) bond motifs is 3. The second-order valence-corrected chi connectivity index (χ2v) is 11.7. The average Bonchev–Trinajstić information content (AvgIpc) is 3.47. The topological polar surface area (TPSA) is 111 Å². The summed E-state index contributed by atoms with van der Waals surface area (Å²) in [6.45, 7) is 0.311. The fourth-order valence-electron chi connectivity index (χ4n) is 5.44. The summed E-state index contributed by atoms with van der Waals surface area (Å²) in [4.78, 5) is 10.7. The number of nitrogens with one attached hydrogen (secondary N) is 2. The van der Waals surface area contributed by atoms with Gasteiger partial charge in [-0.05, 0) is 83.6 Å². The molecule has 1 aliphatic carbocycles. The number of para-hydroxylation sites is 1. The summed E-state index contributed by atoms with van der Waals surface area (Å²) in [5.74, 6) is 1.06. The van der Waals surface area contributed by atoms with Gasteiger partial charge in [0.2, 0.25) is 0 Å². The van der Waals surface area contributed by atoms with Crippen molar-refractivity contribution < 1.29 is 18.1 Å². The average molecular weight is 554 g/mol. The molecule has 1 heterocycles. The fourth-order valence-corrected chi connectivity index (χ4v) is 6.54. The van der Waals surface area contributed by atoms with Crippen LogP contribution in [0.4, 0.5) is 17.1 Å². The maximum absolute atomic E-state index is 13.1. The first-order chi connectivity index (χ1) is 19.4. The van der Waals surface area contributed by atoms with E-state index in [9.17, 15) is 18.5 Å². The Hall–Kier alpha value is -4.63. The summed E-state index contributed by atoms with van der Waals surface area (Å²) in [6, 6.07) is 28.5. The molecule has 4 aromatic carbocycles. The zero-order chi connectivity index (χ0) is 27.7. The smallest absolute Gasteiger partial charge is 0.269 e. The Labute approximate surface area is 232 Å². The number of allylic oxidation sites excluding steroid dienone is 2. The van der Waals surface area contributed by atoms with E-state index in [2.05, 4.69) is 22.2 Å². The Morgan fingerprint density at radius 3 is 2.42 bits per heavy atom. The molecule has 3 atom stereocenters. The van der Waals surface area contributed by atoms with E-state index in [1.807, 2.05) is 36.4 Å². The van der Waals surface area contributed by atoms with Gasteiger partial charge in [0.1, 0.15) is 12.4 Å². The van der Waals surface area contributed by atoms with Crippen LogP contribution in [-0.2, 0) is 16.6 Å². The maximum atomic E-state index is 13.1. The predicted octanol–water partition coefficient (Wildman–Crippen LogP) is 6.80. The number of non-ortho nitro benzene ring substituents is 1. The predicted molar refractivity (Wildman–Crippen MR) is 154 cm³/mol. The minimum atomic E-state index is -3.72. The maximum Gasteiger partial charge on any atom is 0.269 e. The molecular formula is C31H27N3O5S. The van der Waals surface area contributed by atoms with Gasteiger partial charge in [-0.2, -0.15) is 0 Å². The van der Waals surface area contributed by atoms with Crippen molar-refractivity contribution in [3.8, 4) is 5.75 Å². The lowest BCUT2D eigenvalue weighted by Crippen LogP contribution is -2.29. The minimum absolute atomic E-state index is 0.0519. The second kappa shape index (κ2) is 10.5. The van der Waals surface area contributed by atoms with Crippen molar-refractivity contribution in [2.24, 2.45) is 5.92 Å². The van der Waals surface area contributed by atoms with Crippen LogP contribution in [0.3, 0.4) is 0 Å². The Balaban J connectivity index is 1.18. The molecule has 0 radical (unpaired) electrons. The summed E-state index contributed by atoms with van der Waals surface area (Å²) >= 11 is 0. The molecule has 8 nitrogen and oxygen atoms in total. The summed E-state index contributed by atoms with van der Waals surface area (Å²) in [6.07, 6.45) is 5.24. The summed E-state index contributed by atoms with van der Waals surface area (Å²) in [7, 11) is -3.72. The monoisotopic (exact) mass is 553 g/mol. The van der Waals surface area contributed by atoms with Crippen LogP contribution in [0.15, 0.2) is 114 Å². The van der Waals surface area contributed by atoms with Gasteiger partial charge < -0.3 is 10.1 Å². The first kappa shape index (κ1) is 25.6. The van der Waals surface area contributed by atoms with Crippen molar-refractivity contribution >= 4 is 27.1 Å². The van der Waals surface area contributed by atoms with Crippen molar-refractivity contribution in [3.05, 3.63) is 136 Å². The number of rotatable bonds is 8. The molecule has 2 aliphatic rings. The van der Waals surface area contributed by atoms with Crippen molar-refractivity contribution in [3.63, 3.8) is 0 Å². The third-order valence-electron chi connectivity index (χ3n) is 7.46. The molecule has 0 amide bonds. The van der Waals surface area contributed by atoms with Gasteiger partial charge in [0.25, 0.3) is 15.7 Å². The molecule has 0 bridgehead atoms. The number of anilines is 2. The fraction of sp³-hybridized carbons (Fsp3) is 0.161. The number of hydrogen-bond donors (Lipinski definition) is 2. The Bertz CT molecular complexity index is 1670. The largest absolute Gasteiger partial charge is 0.489 e. The van der Waals surface area contributed by atoms with Gasteiger partial charge in [0.05, 0.1) is 15.9 Å². The molecule has 0 unspecified atom stereocenters. The standard InChI is InChI=1S/C31H27N3O5S/c35-34(36)24-13-9-21(10-14-24)20-39-25-15-11-22(12-16-25)31-28-8-4-7-27(28)29-19-26(17-18-30(29)32-31)40(37,38)33-23-5-2-1-3-6-23/h1-7,9-19,27-28,31-33H,8,20H2/t27-,28+,31+/m0/s1. The number of nitro groups is 1. The molecule has 6 rings (SSSR count). The third-order valence-corrected chi connectivity index (χ3v) is 8.84. The van der Waals surface area contributed by atoms with E-state index < -0.39 is 14.9 Å². The molecule has 40 heavy (non-hydrogen) atoms. The lowest BCUT2D eigenvalue weighted by atomic mass is 9.77. The van der Waals surface area contributed by atoms with E-state index in [1.54, 1.807) is 48.5 Å². The van der Waals surface area contributed by atoms with Gasteiger partial charge >= 0.3 is 0 Å². The Kier molecular flexibility index (Phi) is 6.73. The van der Waals surface area contributed by atoms with Crippen LogP contribution < -0.4 is 14.8 Å². The molecule has 0 spiro atoms. The van der Waals surface area contributed by atoms with Gasteiger partial charge in [-0.3, -0.25) is 14.8 Å². The molecule has 2 N–H and O–H groups in total.